The second kappa shape index (κ2) is 8.11. The Labute approximate surface area is 151 Å². The van der Waals surface area contributed by atoms with Gasteiger partial charge in [0.05, 0.1) is 39.7 Å². The summed E-state index contributed by atoms with van der Waals surface area (Å²) in [4.78, 5) is 11.6. The van der Waals surface area contributed by atoms with Crippen LogP contribution in [0.2, 0.25) is 0 Å². The summed E-state index contributed by atoms with van der Waals surface area (Å²) in [5, 5.41) is 17.7. The maximum Gasteiger partial charge on any atom is 0.332 e. The number of ether oxygens (including phenoxy) is 1. The molecule has 0 amide bonds. The van der Waals surface area contributed by atoms with Gasteiger partial charge in [0.1, 0.15) is 0 Å². The Morgan fingerprint density at radius 2 is 1.50 bits per heavy atom. The zero-order valence-electron chi connectivity index (χ0n) is 13.8. The Bertz CT molecular complexity index is 1020. The van der Waals surface area contributed by atoms with E-state index in [0.717, 1.165) is 6.08 Å². The van der Waals surface area contributed by atoms with Crippen LogP contribution >= 0.6 is 0 Å². The molecule has 2 aromatic carbocycles. The smallest absolute Gasteiger partial charge is 0.332 e. The molecule has 26 heavy (non-hydrogen) atoms. The Hall–Kier alpha value is -3.42. The first kappa shape index (κ1) is 18.9. The van der Waals surface area contributed by atoms with Gasteiger partial charge in [0.25, 0.3) is 0 Å². The SMILES string of the molecule is CCOC(=O)/C=C(\c1ccc(C#N)cc1)S(=O)(=O)c1ccc(C#N)cc1. The number of benzene rings is 2. The largest absolute Gasteiger partial charge is 0.463 e. The van der Waals surface area contributed by atoms with E-state index in [1.165, 1.54) is 48.5 Å². The summed E-state index contributed by atoms with van der Waals surface area (Å²) in [5.41, 5.74) is 0.930. The van der Waals surface area contributed by atoms with E-state index in [9.17, 15) is 13.2 Å². The maximum atomic E-state index is 13.0. The lowest BCUT2D eigenvalue weighted by Gasteiger charge is -2.10. The van der Waals surface area contributed by atoms with Gasteiger partial charge in [-0.05, 0) is 48.9 Å². The molecule has 0 saturated heterocycles. The number of hydrogen-bond acceptors (Lipinski definition) is 6. The summed E-state index contributed by atoms with van der Waals surface area (Å²) < 4.78 is 30.8. The Morgan fingerprint density at radius 1 is 1.00 bits per heavy atom. The summed E-state index contributed by atoms with van der Waals surface area (Å²) in [5.74, 6) is -0.788. The van der Waals surface area contributed by atoms with Crippen LogP contribution < -0.4 is 0 Å². The average Bonchev–Trinajstić information content (AvgIpc) is 2.66. The van der Waals surface area contributed by atoms with E-state index in [2.05, 4.69) is 0 Å². The number of sulfone groups is 1. The fourth-order valence-electron chi connectivity index (χ4n) is 2.15. The fraction of sp³-hybridized carbons (Fsp3) is 0.105. The lowest BCUT2D eigenvalue weighted by atomic mass is 10.1. The van der Waals surface area contributed by atoms with Crippen LogP contribution in [0, 0.1) is 22.7 Å². The van der Waals surface area contributed by atoms with Crippen molar-refractivity contribution in [3.8, 4) is 12.1 Å². The molecule has 0 spiro atoms. The van der Waals surface area contributed by atoms with Crippen molar-refractivity contribution >= 4 is 20.7 Å². The second-order valence-electron chi connectivity index (χ2n) is 5.09. The molecule has 0 saturated carbocycles. The van der Waals surface area contributed by atoms with Gasteiger partial charge in [-0.1, -0.05) is 12.1 Å². The minimum absolute atomic E-state index is 0.0589. The molecule has 0 aliphatic heterocycles. The molecule has 0 aromatic heterocycles. The second-order valence-corrected chi connectivity index (χ2v) is 7.01. The number of nitrogens with zero attached hydrogens (tertiary/aromatic N) is 2. The van der Waals surface area contributed by atoms with Crippen LogP contribution in [0.5, 0.6) is 0 Å². The van der Waals surface area contributed by atoms with Crippen molar-refractivity contribution in [2.45, 2.75) is 11.8 Å². The van der Waals surface area contributed by atoms with E-state index in [1.54, 1.807) is 6.92 Å². The number of carbonyl (C=O) groups is 1. The molecule has 2 rings (SSSR count). The summed E-state index contributed by atoms with van der Waals surface area (Å²) in [6, 6.07) is 15.0. The van der Waals surface area contributed by atoms with Crippen LogP contribution in [-0.4, -0.2) is 21.0 Å². The summed E-state index contributed by atoms with van der Waals surface area (Å²) >= 11 is 0. The molecule has 6 nitrogen and oxygen atoms in total. The number of carbonyl (C=O) groups excluding carboxylic acids is 1. The van der Waals surface area contributed by atoms with Gasteiger partial charge in [-0.25, -0.2) is 13.2 Å². The van der Waals surface area contributed by atoms with Crippen molar-refractivity contribution in [1.82, 2.24) is 0 Å². The van der Waals surface area contributed by atoms with Crippen molar-refractivity contribution in [3.63, 3.8) is 0 Å². The summed E-state index contributed by atoms with van der Waals surface area (Å²) in [6.07, 6.45) is 0.915. The van der Waals surface area contributed by atoms with Gasteiger partial charge in [-0.15, -0.1) is 0 Å². The van der Waals surface area contributed by atoms with E-state index in [-0.39, 0.29) is 22.0 Å². The molecule has 0 atom stereocenters. The zero-order valence-corrected chi connectivity index (χ0v) is 14.7. The minimum atomic E-state index is -4.04. The van der Waals surface area contributed by atoms with Crippen molar-refractivity contribution in [2.75, 3.05) is 6.61 Å². The van der Waals surface area contributed by atoms with Gasteiger partial charge < -0.3 is 4.74 Å². The standard InChI is InChI=1S/C19H14N2O4S/c1-2-25-19(22)11-18(16-7-3-14(12-20)4-8-16)26(23,24)17-9-5-15(13-21)6-10-17/h3-11H,2H2,1H3/b18-11+. The van der Waals surface area contributed by atoms with Gasteiger partial charge in [0.15, 0.2) is 0 Å². The van der Waals surface area contributed by atoms with Crippen molar-refractivity contribution in [3.05, 3.63) is 71.3 Å². The first-order valence-corrected chi connectivity index (χ1v) is 9.05. The highest BCUT2D eigenvalue weighted by molar-refractivity contribution is 8.00. The van der Waals surface area contributed by atoms with E-state index in [0.29, 0.717) is 11.1 Å². The molecule has 7 heteroatoms. The Kier molecular flexibility index (Phi) is 5.90. The maximum absolute atomic E-state index is 13.0. The number of nitriles is 2. The van der Waals surface area contributed by atoms with E-state index >= 15 is 0 Å². The summed E-state index contributed by atoms with van der Waals surface area (Å²) in [7, 11) is -4.04. The zero-order chi connectivity index (χ0) is 19.2. The Morgan fingerprint density at radius 3 is 1.96 bits per heavy atom. The summed E-state index contributed by atoms with van der Waals surface area (Å²) in [6.45, 7) is 1.72. The van der Waals surface area contributed by atoms with Crippen LogP contribution in [0.25, 0.3) is 4.91 Å². The molecule has 0 fully saturated rings. The molecule has 130 valence electrons. The monoisotopic (exact) mass is 366 g/mol. The third-order valence-electron chi connectivity index (χ3n) is 3.42. The van der Waals surface area contributed by atoms with Crippen molar-refractivity contribution in [2.24, 2.45) is 0 Å². The van der Waals surface area contributed by atoms with E-state index in [4.69, 9.17) is 15.3 Å². The average molecular weight is 366 g/mol. The van der Waals surface area contributed by atoms with Crippen LogP contribution in [0.1, 0.15) is 23.6 Å². The third kappa shape index (κ3) is 4.15. The normalized spacial score (nSPS) is 11.3. The van der Waals surface area contributed by atoms with Crippen LogP contribution in [0.3, 0.4) is 0 Å². The highest BCUT2D eigenvalue weighted by Gasteiger charge is 2.24. The lowest BCUT2D eigenvalue weighted by Crippen LogP contribution is -2.09. The van der Waals surface area contributed by atoms with Crippen LogP contribution in [-0.2, 0) is 19.4 Å². The van der Waals surface area contributed by atoms with Gasteiger partial charge in [0.2, 0.25) is 9.84 Å². The molecule has 0 N–H and O–H groups in total. The van der Waals surface area contributed by atoms with E-state index in [1.807, 2.05) is 12.1 Å². The highest BCUT2D eigenvalue weighted by atomic mass is 32.2. The van der Waals surface area contributed by atoms with Gasteiger partial charge in [0, 0.05) is 6.08 Å². The lowest BCUT2D eigenvalue weighted by molar-refractivity contribution is -0.137. The quantitative estimate of drug-likeness (QED) is 0.595. The van der Waals surface area contributed by atoms with E-state index < -0.39 is 15.8 Å². The fourth-order valence-corrected chi connectivity index (χ4v) is 3.60. The minimum Gasteiger partial charge on any atom is -0.463 e. The predicted molar refractivity (Wildman–Crippen MR) is 94.1 cm³/mol. The first-order chi connectivity index (χ1) is 12.4. The number of hydrogen-bond donors (Lipinski definition) is 0. The molecule has 0 radical (unpaired) electrons. The van der Waals surface area contributed by atoms with Crippen LogP contribution in [0.15, 0.2) is 59.5 Å². The molecule has 0 heterocycles. The number of rotatable bonds is 5. The van der Waals surface area contributed by atoms with Crippen LogP contribution in [0.4, 0.5) is 0 Å². The van der Waals surface area contributed by atoms with Gasteiger partial charge in [-0.3, -0.25) is 0 Å². The topological polar surface area (TPSA) is 108 Å². The number of esters is 1. The predicted octanol–water partition coefficient (Wildman–Crippen LogP) is 2.81. The van der Waals surface area contributed by atoms with Crippen molar-refractivity contribution in [1.29, 1.82) is 10.5 Å². The highest BCUT2D eigenvalue weighted by Crippen LogP contribution is 2.28. The third-order valence-corrected chi connectivity index (χ3v) is 5.24. The molecule has 0 bridgehead atoms. The first-order valence-electron chi connectivity index (χ1n) is 7.56. The molecule has 0 unspecified atom stereocenters. The molecule has 0 aliphatic rings. The van der Waals surface area contributed by atoms with Gasteiger partial charge in [-0.2, -0.15) is 10.5 Å². The Balaban J connectivity index is 2.59. The molecule has 2 aromatic rings. The molecular formula is C19H14N2O4S. The molecule has 0 aliphatic carbocycles. The van der Waals surface area contributed by atoms with Gasteiger partial charge >= 0.3 is 5.97 Å². The van der Waals surface area contributed by atoms with Crippen molar-refractivity contribution < 1.29 is 17.9 Å². The molecular weight excluding hydrogens is 352 g/mol.